The lowest BCUT2D eigenvalue weighted by Crippen LogP contribution is -2.42. The number of alkyl carbamates (subject to hydrolysis) is 1. The van der Waals surface area contributed by atoms with Gasteiger partial charge in [-0.05, 0) is 136 Å². The molecule has 50 heavy (non-hydrogen) atoms. The van der Waals surface area contributed by atoms with E-state index in [1.54, 1.807) is 48.5 Å². The molecule has 1 saturated carbocycles. The first-order valence-corrected chi connectivity index (χ1v) is 22.5. The van der Waals surface area contributed by atoms with Crippen molar-refractivity contribution in [2.75, 3.05) is 33.0 Å². The first-order valence-electron chi connectivity index (χ1n) is 17.5. The number of nitrogens with zero attached hydrogens (tertiary/aromatic N) is 1. The number of nitrogens with one attached hydrogen (secondary N) is 5. The van der Waals surface area contributed by atoms with Gasteiger partial charge in [-0.25, -0.2) is 44.3 Å². The summed E-state index contributed by atoms with van der Waals surface area (Å²) in [4.78, 5) is 23.5. The summed E-state index contributed by atoms with van der Waals surface area (Å²) in [5, 5.41) is 7.42. The van der Waals surface area contributed by atoms with Crippen LogP contribution in [0.5, 0.6) is 0 Å². The molecule has 0 aromatic heterocycles. The van der Waals surface area contributed by atoms with Gasteiger partial charge in [0.05, 0.1) is 28.6 Å². The molecule has 0 unspecified atom stereocenters. The molecule has 0 aromatic rings. The molecule has 1 aliphatic carbocycles. The number of ether oxygens (including phenoxy) is 1. The van der Waals surface area contributed by atoms with E-state index in [-0.39, 0.29) is 58.1 Å². The van der Waals surface area contributed by atoms with Gasteiger partial charge in [0.15, 0.2) is 9.84 Å². The number of carbonyl (C=O) groups excluding carboxylic acids is 2. The molecule has 5 N–H and O–H groups in total. The number of urea groups is 1. The van der Waals surface area contributed by atoms with Gasteiger partial charge in [-0.15, -0.1) is 0 Å². The number of sulfone groups is 1. The summed E-state index contributed by atoms with van der Waals surface area (Å²) in [6, 6.07) is 0.726. The summed E-state index contributed by atoms with van der Waals surface area (Å²) in [6.45, 7) is 26.0. The van der Waals surface area contributed by atoms with E-state index in [0.29, 0.717) is 6.61 Å². The zero-order valence-corrected chi connectivity index (χ0v) is 35.9. The summed E-state index contributed by atoms with van der Waals surface area (Å²) in [6.07, 6.45) is 4.42. The molecule has 0 atom stereocenters. The van der Waals surface area contributed by atoms with E-state index >= 15 is 0 Å². The van der Waals surface area contributed by atoms with Gasteiger partial charge in [0.25, 0.3) is 0 Å². The molecule has 18 heteroatoms. The van der Waals surface area contributed by atoms with Crippen LogP contribution in [0.4, 0.5) is 9.59 Å². The zero-order chi connectivity index (χ0) is 40.0. The first-order chi connectivity index (χ1) is 22.6. The fourth-order valence-corrected chi connectivity index (χ4v) is 7.14. The quantitative estimate of drug-likeness (QED) is 0.206. The molecular formula is C32H72N6O9S3. The van der Waals surface area contributed by atoms with Crippen molar-refractivity contribution in [3.63, 3.8) is 0 Å². The van der Waals surface area contributed by atoms with Crippen LogP contribution in [0, 0.1) is 0 Å². The van der Waals surface area contributed by atoms with Gasteiger partial charge in [0.1, 0.15) is 0 Å². The van der Waals surface area contributed by atoms with Crippen molar-refractivity contribution in [1.82, 2.24) is 30.3 Å². The Kier molecular flexibility index (Phi) is 27.5. The SMILES string of the molecule is CC(C)NC(=O)NC(C)C.CC(C)NS(C)(=O)=O.CC(C)S(=O)(=O)C1CCN(C)CC1.CC(C)S(=O)(=O)NC1CC1.CCOC(=O)NC(C)C. The molecular weight excluding hydrogens is 709 g/mol. The maximum atomic E-state index is 11.8. The van der Waals surface area contributed by atoms with Crippen LogP contribution in [0.2, 0.25) is 0 Å². The Balaban J connectivity index is -0.000000558. The Hall–Kier alpha value is -1.73. The highest BCUT2D eigenvalue weighted by molar-refractivity contribution is 7.92. The van der Waals surface area contributed by atoms with Crippen LogP contribution in [-0.4, -0.2) is 121 Å². The third-order valence-electron chi connectivity index (χ3n) is 6.29. The molecule has 0 radical (unpaired) electrons. The lowest BCUT2D eigenvalue weighted by atomic mass is 10.1. The summed E-state index contributed by atoms with van der Waals surface area (Å²) in [5.41, 5.74) is 0. The Morgan fingerprint density at radius 1 is 0.680 bits per heavy atom. The Morgan fingerprint density at radius 3 is 1.36 bits per heavy atom. The van der Waals surface area contributed by atoms with Crippen LogP contribution in [0.25, 0.3) is 0 Å². The predicted molar refractivity (Wildman–Crippen MR) is 205 cm³/mol. The van der Waals surface area contributed by atoms with Crippen molar-refractivity contribution in [2.24, 2.45) is 0 Å². The normalized spacial score (nSPS) is 15.5. The van der Waals surface area contributed by atoms with E-state index in [1.807, 2.05) is 48.6 Å². The molecule has 1 saturated heterocycles. The molecule has 0 bridgehead atoms. The van der Waals surface area contributed by atoms with Gasteiger partial charge in [-0.3, -0.25) is 0 Å². The molecule has 1 heterocycles. The second-order valence-corrected chi connectivity index (χ2v) is 21.0. The summed E-state index contributed by atoms with van der Waals surface area (Å²) >= 11 is 0. The molecule has 3 amide bonds. The van der Waals surface area contributed by atoms with Crippen molar-refractivity contribution >= 4 is 42.0 Å². The highest BCUT2D eigenvalue weighted by atomic mass is 32.2. The molecule has 302 valence electrons. The highest BCUT2D eigenvalue weighted by Crippen LogP contribution is 2.21. The molecule has 2 rings (SSSR count). The van der Waals surface area contributed by atoms with Crippen LogP contribution < -0.4 is 25.4 Å². The largest absolute Gasteiger partial charge is 0.450 e. The van der Waals surface area contributed by atoms with Crippen molar-refractivity contribution < 1.29 is 39.6 Å². The molecule has 2 aliphatic rings. The fourth-order valence-electron chi connectivity index (χ4n) is 3.67. The van der Waals surface area contributed by atoms with Crippen LogP contribution in [0.15, 0.2) is 0 Å². The van der Waals surface area contributed by atoms with Gasteiger partial charge in [-0.2, -0.15) is 0 Å². The van der Waals surface area contributed by atoms with Gasteiger partial charge in [-0.1, -0.05) is 0 Å². The minimum absolute atomic E-state index is 0.00463. The first kappa shape index (κ1) is 52.6. The Bertz CT molecular complexity index is 1230. The van der Waals surface area contributed by atoms with E-state index in [0.717, 1.165) is 45.0 Å². The van der Waals surface area contributed by atoms with E-state index in [9.17, 15) is 34.8 Å². The standard InChI is InChI=1S/C9H19NO2S.C7H16N2O.C6H13NO2S.C6H13NO2.C4H11NO2S/c1-8(2)13(11,12)9-4-6-10(3)7-5-9;1-5(2)8-7(10)9-6(3)4;1-5(2)10(8,9)7-6-3-4-6;1-4-9-6(8)7-5(2)3;1-4(2)5-8(3,6)7/h8-9H,4-7H2,1-3H3;5-6H,1-4H3,(H2,8,9,10);5-7H,3-4H2,1-2H3;5H,4H2,1-3H3,(H,7,8);4-5H,1-3H3. The van der Waals surface area contributed by atoms with Crippen LogP contribution in [0.3, 0.4) is 0 Å². The van der Waals surface area contributed by atoms with E-state index in [1.165, 1.54) is 0 Å². The Morgan fingerprint density at radius 2 is 1.10 bits per heavy atom. The second-order valence-electron chi connectivity index (χ2n) is 14.1. The third-order valence-corrected chi connectivity index (χ3v) is 11.8. The molecule has 0 spiro atoms. The van der Waals surface area contributed by atoms with Crippen LogP contribution in [0.1, 0.15) is 116 Å². The second kappa shape index (κ2) is 26.1. The number of hydrogen-bond acceptors (Lipinski definition) is 10. The fraction of sp³-hybridized carbons (Fsp3) is 0.938. The molecule has 15 nitrogen and oxygen atoms in total. The van der Waals surface area contributed by atoms with Crippen molar-refractivity contribution in [1.29, 1.82) is 0 Å². The Labute approximate surface area is 305 Å². The molecule has 2 fully saturated rings. The van der Waals surface area contributed by atoms with Crippen molar-refractivity contribution in [2.45, 2.75) is 162 Å². The maximum Gasteiger partial charge on any atom is 0.407 e. The smallest absolute Gasteiger partial charge is 0.407 e. The third kappa shape index (κ3) is 32.2. The van der Waals surface area contributed by atoms with Gasteiger partial charge in [0, 0.05) is 30.2 Å². The minimum atomic E-state index is -2.98. The number of rotatable bonds is 11. The molecule has 1 aliphatic heterocycles. The van der Waals surface area contributed by atoms with Gasteiger partial charge in [0.2, 0.25) is 20.0 Å². The van der Waals surface area contributed by atoms with Crippen molar-refractivity contribution in [3.05, 3.63) is 0 Å². The summed E-state index contributed by atoms with van der Waals surface area (Å²) < 4.78 is 75.9. The van der Waals surface area contributed by atoms with E-state index < -0.39 is 29.9 Å². The van der Waals surface area contributed by atoms with Crippen LogP contribution in [-0.2, 0) is 34.6 Å². The number of likely N-dealkylation sites (tertiary alicyclic amines) is 1. The monoisotopic (exact) mass is 780 g/mol. The number of hydrogen-bond donors (Lipinski definition) is 5. The topological polar surface area (TPSA) is 209 Å². The van der Waals surface area contributed by atoms with Crippen LogP contribution >= 0.6 is 0 Å². The van der Waals surface area contributed by atoms with Gasteiger partial charge < -0.3 is 25.6 Å². The number of carbonyl (C=O) groups is 2. The minimum Gasteiger partial charge on any atom is -0.450 e. The number of sulfonamides is 2. The highest BCUT2D eigenvalue weighted by Gasteiger charge is 2.31. The lowest BCUT2D eigenvalue weighted by molar-refractivity contribution is 0.149. The zero-order valence-electron chi connectivity index (χ0n) is 33.4. The predicted octanol–water partition coefficient (Wildman–Crippen LogP) is 3.57. The maximum absolute atomic E-state index is 11.8. The summed E-state index contributed by atoms with van der Waals surface area (Å²) in [7, 11) is -6.77. The van der Waals surface area contributed by atoms with Gasteiger partial charge >= 0.3 is 12.1 Å². The van der Waals surface area contributed by atoms with E-state index in [2.05, 4.69) is 35.0 Å². The number of amides is 3. The van der Waals surface area contributed by atoms with E-state index in [4.69, 9.17) is 0 Å². The average molecular weight is 781 g/mol. The average Bonchev–Trinajstić information content (AvgIpc) is 3.71. The van der Waals surface area contributed by atoms with Crippen molar-refractivity contribution in [3.8, 4) is 0 Å². The number of piperidine rings is 1. The molecule has 0 aromatic carbocycles. The lowest BCUT2D eigenvalue weighted by Gasteiger charge is -2.29. The summed E-state index contributed by atoms with van der Waals surface area (Å²) in [5.74, 6) is 0.